The molecule has 7 heteroatoms. The van der Waals surface area contributed by atoms with E-state index in [9.17, 15) is 13.2 Å². The number of carbonyl (C=O) groups excluding carboxylic acids is 1. The van der Waals surface area contributed by atoms with Crippen molar-refractivity contribution in [3.63, 3.8) is 0 Å². The van der Waals surface area contributed by atoms with Crippen LogP contribution >= 0.6 is 0 Å². The van der Waals surface area contributed by atoms with Crippen molar-refractivity contribution in [1.29, 1.82) is 0 Å². The second-order valence-electron chi connectivity index (χ2n) is 4.08. The van der Waals surface area contributed by atoms with E-state index in [0.717, 1.165) is 6.42 Å². The molecule has 0 unspecified atom stereocenters. The Morgan fingerprint density at radius 2 is 2.00 bits per heavy atom. The minimum Gasteiger partial charge on any atom is -0.379 e. The molecule has 1 amide bonds. The SMILES string of the molecule is CC(C)OCCCNCCS(=O)(=O)CC(N)=O. The van der Waals surface area contributed by atoms with Crippen LogP contribution in [0.2, 0.25) is 0 Å². The quantitative estimate of drug-likeness (QED) is 0.509. The van der Waals surface area contributed by atoms with E-state index in [4.69, 9.17) is 10.5 Å². The summed E-state index contributed by atoms with van der Waals surface area (Å²) >= 11 is 0. The summed E-state index contributed by atoms with van der Waals surface area (Å²) < 4.78 is 27.8. The molecule has 3 N–H and O–H groups in total. The summed E-state index contributed by atoms with van der Waals surface area (Å²) in [5, 5.41) is 2.98. The Balaban J connectivity index is 3.48. The number of amides is 1. The highest BCUT2D eigenvalue weighted by molar-refractivity contribution is 7.92. The summed E-state index contributed by atoms with van der Waals surface area (Å²) in [6.45, 7) is 5.60. The fourth-order valence-electron chi connectivity index (χ4n) is 1.16. The average molecular weight is 266 g/mol. The second-order valence-corrected chi connectivity index (χ2v) is 6.27. The number of hydrogen-bond acceptors (Lipinski definition) is 5. The Morgan fingerprint density at radius 3 is 2.53 bits per heavy atom. The summed E-state index contributed by atoms with van der Waals surface area (Å²) in [5.41, 5.74) is 4.82. The minimum atomic E-state index is -3.36. The lowest BCUT2D eigenvalue weighted by molar-refractivity contribution is -0.115. The molecule has 0 saturated carbocycles. The molecule has 0 rings (SSSR count). The number of hydrogen-bond donors (Lipinski definition) is 2. The Morgan fingerprint density at radius 1 is 1.35 bits per heavy atom. The zero-order chi connectivity index (χ0) is 13.3. The number of nitrogens with one attached hydrogen (secondary N) is 1. The van der Waals surface area contributed by atoms with Gasteiger partial charge in [0.15, 0.2) is 9.84 Å². The van der Waals surface area contributed by atoms with Gasteiger partial charge in [-0.15, -0.1) is 0 Å². The standard InChI is InChI=1S/C10H22N2O4S/c1-9(2)16-6-3-4-12-5-7-17(14,15)8-10(11)13/h9,12H,3-8H2,1-2H3,(H2,11,13). The smallest absolute Gasteiger partial charge is 0.232 e. The van der Waals surface area contributed by atoms with Gasteiger partial charge in [-0.05, 0) is 26.8 Å². The molecule has 0 heterocycles. The van der Waals surface area contributed by atoms with E-state index in [1.165, 1.54) is 0 Å². The van der Waals surface area contributed by atoms with Crippen LogP contribution in [0.15, 0.2) is 0 Å². The van der Waals surface area contributed by atoms with Gasteiger partial charge in [-0.2, -0.15) is 0 Å². The first kappa shape index (κ1) is 16.3. The van der Waals surface area contributed by atoms with Crippen LogP contribution in [0.25, 0.3) is 0 Å². The van der Waals surface area contributed by atoms with E-state index in [0.29, 0.717) is 19.7 Å². The van der Waals surface area contributed by atoms with Gasteiger partial charge in [0.05, 0.1) is 11.9 Å². The van der Waals surface area contributed by atoms with Gasteiger partial charge in [-0.3, -0.25) is 4.79 Å². The predicted octanol–water partition coefficient (Wildman–Crippen LogP) is -0.709. The molecule has 0 aromatic carbocycles. The van der Waals surface area contributed by atoms with Gasteiger partial charge in [0.1, 0.15) is 5.75 Å². The number of carbonyl (C=O) groups is 1. The Hall–Kier alpha value is -0.660. The fraction of sp³-hybridized carbons (Fsp3) is 0.900. The van der Waals surface area contributed by atoms with Crippen molar-refractivity contribution in [2.45, 2.75) is 26.4 Å². The molecule has 6 nitrogen and oxygen atoms in total. The van der Waals surface area contributed by atoms with Crippen molar-refractivity contribution < 1.29 is 17.9 Å². The molecule has 102 valence electrons. The highest BCUT2D eigenvalue weighted by Crippen LogP contribution is 1.90. The van der Waals surface area contributed by atoms with Crippen LogP contribution in [-0.2, 0) is 19.4 Å². The highest BCUT2D eigenvalue weighted by Gasteiger charge is 2.13. The van der Waals surface area contributed by atoms with Gasteiger partial charge in [0.2, 0.25) is 5.91 Å². The molecular weight excluding hydrogens is 244 g/mol. The van der Waals surface area contributed by atoms with Crippen LogP contribution in [0, 0.1) is 0 Å². The average Bonchev–Trinajstić information content (AvgIpc) is 2.13. The van der Waals surface area contributed by atoms with Crippen molar-refractivity contribution in [2.24, 2.45) is 5.73 Å². The molecule has 0 aromatic rings. The van der Waals surface area contributed by atoms with Gasteiger partial charge in [-0.25, -0.2) is 8.42 Å². The monoisotopic (exact) mass is 266 g/mol. The first-order valence-corrected chi connectivity index (χ1v) is 7.46. The molecule has 0 radical (unpaired) electrons. The van der Waals surface area contributed by atoms with E-state index in [1.807, 2.05) is 13.8 Å². The zero-order valence-corrected chi connectivity index (χ0v) is 11.3. The summed E-state index contributed by atoms with van der Waals surface area (Å²) in [6, 6.07) is 0. The molecule has 0 atom stereocenters. The minimum absolute atomic E-state index is 0.0685. The summed E-state index contributed by atoms with van der Waals surface area (Å²) in [4.78, 5) is 10.5. The lowest BCUT2D eigenvalue weighted by atomic mass is 10.4. The van der Waals surface area contributed by atoms with Gasteiger partial charge in [-0.1, -0.05) is 0 Å². The van der Waals surface area contributed by atoms with Crippen molar-refractivity contribution in [3.05, 3.63) is 0 Å². The maximum absolute atomic E-state index is 11.3. The maximum atomic E-state index is 11.3. The van der Waals surface area contributed by atoms with Gasteiger partial charge in [0.25, 0.3) is 0 Å². The number of nitrogens with two attached hydrogens (primary N) is 1. The summed E-state index contributed by atoms with van der Waals surface area (Å²) in [6.07, 6.45) is 1.04. The van der Waals surface area contributed by atoms with Crippen LogP contribution < -0.4 is 11.1 Å². The van der Waals surface area contributed by atoms with E-state index in [2.05, 4.69) is 5.32 Å². The third-order valence-electron chi connectivity index (χ3n) is 1.90. The summed E-state index contributed by atoms with van der Waals surface area (Å²) in [5.74, 6) is -1.46. The predicted molar refractivity (Wildman–Crippen MR) is 66.4 cm³/mol. The summed E-state index contributed by atoms with van der Waals surface area (Å²) in [7, 11) is -3.36. The first-order valence-electron chi connectivity index (χ1n) is 5.64. The maximum Gasteiger partial charge on any atom is 0.232 e. The van der Waals surface area contributed by atoms with Gasteiger partial charge in [0, 0.05) is 13.2 Å². The Bertz CT molecular complexity index is 314. The first-order chi connectivity index (χ1) is 7.83. The Kier molecular flexibility index (Phi) is 8.11. The molecule has 0 aromatic heterocycles. The normalized spacial score (nSPS) is 11.9. The fourth-order valence-corrected chi connectivity index (χ4v) is 2.19. The molecule has 0 fully saturated rings. The van der Waals surface area contributed by atoms with Crippen LogP contribution in [0.3, 0.4) is 0 Å². The number of rotatable bonds is 10. The molecular formula is C10H22N2O4S. The molecule has 0 spiro atoms. The van der Waals surface area contributed by atoms with E-state index < -0.39 is 21.5 Å². The van der Waals surface area contributed by atoms with E-state index >= 15 is 0 Å². The third-order valence-corrected chi connectivity index (χ3v) is 3.45. The van der Waals surface area contributed by atoms with E-state index in [1.54, 1.807) is 0 Å². The van der Waals surface area contributed by atoms with Gasteiger partial charge >= 0.3 is 0 Å². The zero-order valence-electron chi connectivity index (χ0n) is 10.4. The molecule has 17 heavy (non-hydrogen) atoms. The van der Waals surface area contributed by atoms with Crippen molar-refractivity contribution in [2.75, 3.05) is 31.2 Å². The lowest BCUT2D eigenvalue weighted by Crippen LogP contribution is -2.30. The van der Waals surface area contributed by atoms with Crippen molar-refractivity contribution in [3.8, 4) is 0 Å². The third kappa shape index (κ3) is 11.6. The van der Waals surface area contributed by atoms with Gasteiger partial charge < -0.3 is 15.8 Å². The van der Waals surface area contributed by atoms with Crippen LogP contribution in [0.4, 0.5) is 0 Å². The van der Waals surface area contributed by atoms with Crippen molar-refractivity contribution in [1.82, 2.24) is 5.32 Å². The second kappa shape index (κ2) is 8.43. The number of ether oxygens (including phenoxy) is 1. The van der Waals surface area contributed by atoms with Crippen LogP contribution in [-0.4, -0.2) is 51.6 Å². The molecule has 0 aliphatic rings. The lowest BCUT2D eigenvalue weighted by Gasteiger charge is -2.08. The molecule has 0 saturated heterocycles. The highest BCUT2D eigenvalue weighted by atomic mass is 32.2. The number of sulfone groups is 1. The molecule has 0 aliphatic carbocycles. The van der Waals surface area contributed by atoms with Crippen LogP contribution in [0.5, 0.6) is 0 Å². The number of primary amides is 1. The molecule has 0 bridgehead atoms. The van der Waals surface area contributed by atoms with Crippen molar-refractivity contribution >= 4 is 15.7 Å². The Labute approximate surface area is 103 Å². The topological polar surface area (TPSA) is 98.5 Å². The van der Waals surface area contributed by atoms with E-state index in [-0.39, 0.29) is 11.9 Å². The largest absolute Gasteiger partial charge is 0.379 e. The molecule has 0 aliphatic heterocycles. The van der Waals surface area contributed by atoms with Crippen LogP contribution in [0.1, 0.15) is 20.3 Å².